The van der Waals surface area contributed by atoms with Crippen molar-refractivity contribution in [3.05, 3.63) is 52.0 Å². The van der Waals surface area contributed by atoms with E-state index in [9.17, 15) is 14.9 Å². The Labute approximate surface area is 157 Å². The molecule has 1 aromatic carbocycles. The van der Waals surface area contributed by atoms with E-state index in [0.717, 1.165) is 17.3 Å². The number of aryl methyl sites for hydroxylation is 2. The molecule has 0 saturated carbocycles. The zero-order valence-corrected chi connectivity index (χ0v) is 15.3. The standard InChI is InChI=1S/C16H16N6O4S/c1-9-3-4-12(13(7-9)22(24)25)18-14(23)8-27-16-20-19-15(21(16)17)11-5-6-26-10(11)2/h3-7H,8,17H2,1-2H3,(H,18,23). The Bertz CT molecular complexity index is 1010. The molecule has 0 radical (unpaired) electrons. The number of hydrogen-bond donors (Lipinski definition) is 2. The van der Waals surface area contributed by atoms with E-state index in [4.69, 9.17) is 10.3 Å². The van der Waals surface area contributed by atoms with Gasteiger partial charge in [-0.3, -0.25) is 14.9 Å². The molecular weight excluding hydrogens is 372 g/mol. The summed E-state index contributed by atoms with van der Waals surface area (Å²) < 4.78 is 6.49. The molecule has 2 heterocycles. The molecule has 0 bridgehead atoms. The van der Waals surface area contributed by atoms with Gasteiger partial charge >= 0.3 is 0 Å². The molecule has 1 amide bonds. The lowest BCUT2D eigenvalue weighted by molar-refractivity contribution is -0.384. The number of nitro groups is 1. The number of nitrogens with zero attached hydrogens (tertiary/aromatic N) is 4. The number of rotatable bonds is 6. The predicted molar refractivity (Wildman–Crippen MR) is 99.8 cm³/mol. The highest BCUT2D eigenvalue weighted by atomic mass is 32.2. The fourth-order valence-electron chi connectivity index (χ4n) is 2.39. The third kappa shape index (κ3) is 3.92. The van der Waals surface area contributed by atoms with Crippen molar-refractivity contribution in [1.82, 2.24) is 14.9 Å². The number of hydrogen-bond acceptors (Lipinski definition) is 8. The van der Waals surface area contributed by atoms with E-state index < -0.39 is 10.8 Å². The van der Waals surface area contributed by atoms with Crippen molar-refractivity contribution in [3.8, 4) is 11.4 Å². The van der Waals surface area contributed by atoms with Crippen molar-refractivity contribution in [3.63, 3.8) is 0 Å². The number of anilines is 1. The number of amides is 1. The van der Waals surface area contributed by atoms with Gasteiger partial charge in [0.25, 0.3) is 5.69 Å². The van der Waals surface area contributed by atoms with Crippen LogP contribution in [-0.2, 0) is 4.79 Å². The maximum Gasteiger partial charge on any atom is 0.293 e. The summed E-state index contributed by atoms with van der Waals surface area (Å²) in [6.07, 6.45) is 1.52. The Morgan fingerprint density at radius 1 is 1.37 bits per heavy atom. The van der Waals surface area contributed by atoms with E-state index in [1.165, 1.54) is 23.1 Å². The first-order valence-electron chi connectivity index (χ1n) is 7.79. The molecule has 0 aliphatic rings. The Morgan fingerprint density at radius 2 is 2.15 bits per heavy atom. The van der Waals surface area contributed by atoms with Crippen LogP contribution in [0.1, 0.15) is 11.3 Å². The molecular formula is C16H16N6O4S. The van der Waals surface area contributed by atoms with E-state index in [2.05, 4.69) is 15.5 Å². The topological polar surface area (TPSA) is 142 Å². The van der Waals surface area contributed by atoms with E-state index >= 15 is 0 Å². The van der Waals surface area contributed by atoms with Crippen LogP contribution in [0.4, 0.5) is 11.4 Å². The lowest BCUT2D eigenvalue weighted by Crippen LogP contribution is -2.17. The number of aromatic nitrogens is 3. The summed E-state index contributed by atoms with van der Waals surface area (Å²) in [7, 11) is 0. The van der Waals surface area contributed by atoms with Gasteiger partial charge in [0.05, 0.1) is 22.5 Å². The van der Waals surface area contributed by atoms with Gasteiger partial charge in [0.1, 0.15) is 11.4 Å². The summed E-state index contributed by atoms with van der Waals surface area (Å²) in [5.41, 5.74) is 1.41. The number of nitrogen functional groups attached to an aromatic ring is 1. The molecule has 0 saturated heterocycles. The molecule has 0 aliphatic carbocycles. The Morgan fingerprint density at radius 3 is 2.81 bits per heavy atom. The van der Waals surface area contributed by atoms with E-state index in [-0.39, 0.29) is 17.1 Å². The number of thioether (sulfide) groups is 1. The highest BCUT2D eigenvalue weighted by Crippen LogP contribution is 2.27. The normalized spacial score (nSPS) is 10.7. The molecule has 0 atom stereocenters. The molecule has 0 fully saturated rings. The van der Waals surface area contributed by atoms with Crippen LogP contribution >= 0.6 is 11.8 Å². The smallest absolute Gasteiger partial charge is 0.293 e. The van der Waals surface area contributed by atoms with Gasteiger partial charge in [-0.15, -0.1) is 10.2 Å². The van der Waals surface area contributed by atoms with Gasteiger partial charge in [0.2, 0.25) is 11.1 Å². The Kier molecular flexibility index (Phi) is 5.12. The number of benzene rings is 1. The first-order chi connectivity index (χ1) is 12.9. The van der Waals surface area contributed by atoms with Gasteiger partial charge in [-0.1, -0.05) is 17.8 Å². The summed E-state index contributed by atoms with van der Waals surface area (Å²) in [5, 5.41) is 22.0. The van der Waals surface area contributed by atoms with Gasteiger partial charge in [0, 0.05) is 6.07 Å². The number of carbonyl (C=O) groups excluding carboxylic acids is 1. The van der Waals surface area contributed by atoms with Crippen LogP contribution in [0, 0.1) is 24.0 Å². The average molecular weight is 388 g/mol. The molecule has 0 spiro atoms. The zero-order chi connectivity index (χ0) is 19.6. The second-order valence-electron chi connectivity index (χ2n) is 5.68. The molecule has 27 heavy (non-hydrogen) atoms. The third-order valence-corrected chi connectivity index (χ3v) is 4.66. The van der Waals surface area contributed by atoms with E-state index in [1.54, 1.807) is 26.0 Å². The molecule has 140 valence electrons. The van der Waals surface area contributed by atoms with Crippen LogP contribution in [-0.4, -0.2) is 31.5 Å². The summed E-state index contributed by atoms with van der Waals surface area (Å²) in [6.45, 7) is 3.51. The summed E-state index contributed by atoms with van der Waals surface area (Å²) in [5.74, 6) is 6.60. The van der Waals surface area contributed by atoms with Crippen molar-refractivity contribution < 1.29 is 14.1 Å². The van der Waals surface area contributed by atoms with Gasteiger partial charge in [-0.05, 0) is 31.5 Å². The molecule has 11 heteroatoms. The quantitative estimate of drug-likeness (QED) is 0.284. The van der Waals surface area contributed by atoms with E-state index in [0.29, 0.717) is 22.3 Å². The van der Waals surface area contributed by atoms with Crippen molar-refractivity contribution in [2.24, 2.45) is 0 Å². The largest absolute Gasteiger partial charge is 0.469 e. The van der Waals surface area contributed by atoms with Crippen molar-refractivity contribution in [2.45, 2.75) is 19.0 Å². The minimum Gasteiger partial charge on any atom is -0.469 e. The number of furan rings is 1. The van der Waals surface area contributed by atoms with Gasteiger partial charge in [0.15, 0.2) is 5.82 Å². The van der Waals surface area contributed by atoms with Crippen LogP contribution in [0.2, 0.25) is 0 Å². The van der Waals surface area contributed by atoms with E-state index in [1.807, 2.05) is 0 Å². The number of carbonyl (C=O) groups is 1. The summed E-state index contributed by atoms with van der Waals surface area (Å²) in [4.78, 5) is 22.8. The fourth-order valence-corrected chi connectivity index (χ4v) is 3.05. The molecule has 3 rings (SSSR count). The second kappa shape index (κ2) is 7.50. The van der Waals surface area contributed by atoms with Gasteiger partial charge < -0.3 is 15.6 Å². The van der Waals surface area contributed by atoms with Gasteiger partial charge in [-0.25, -0.2) is 4.68 Å². The van der Waals surface area contributed by atoms with Gasteiger partial charge in [-0.2, -0.15) is 0 Å². The average Bonchev–Trinajstić information content (AvgIpc) is 3.20. The SMILES string of the molecule is Cc1ccc(NC(=O)CSc2nnc(-c3ccoc3C)n2N)c([N+](=O)[O-])c1. The Balaban J connectivity index is 1.68. The molecule has 3 N–H and O–H groups in total. The number of nitrogens with one attached hydrogen (secondary N) is 1. The molecule has 3 aromatic rings. The molecule has 2 aromatic heterocycles. The molecule has 0 unspecified atom stereocenters. The van der Waals surface area contributed by atoms with Crippen LogP contribution in [0.25, 0.3) is 11.4 Å². The third-order valence-electron chi connectivity index (χ3n) is 3.72. The highest BCUT2D eigenvalue weighted by Gasteiger charge is 2.19. The number of nitrogens with two attached hydrogens (primary N) is 1. The fraction of sp³-hybridized carbons (Fsp3) is 0.188. The maximum absolute atomic E-state index is 12.2. The lowest BCUT2D eigenvalue weighted by atomic mass is 10.2. The van der Waals surface area contributed by atoms with Crippen LogP contribution in [0.15, 0.2) is 40.1 Å². The highest BCUT2D eigenvalue weighted by molar-refractivity contribution is 7.99. The second-order valence-corrected chi connectivity index (χ2v) is 6.62. The Hall–Kier alpha value is -3.34. The monoisotopic (exact) mass is 388 g/mol. The van der Waals surface area contributed by atoms with Crippen LogP contribution < -0.4 is 11.2 Å². The summed E-state index contributed by atoms with van der Waals surface area (Å²) in [6, 6.07) is 6.31. The molecule has 0 aliphatic heterocycles. The van der Waals surface area contributed by atoms with Crippen molar-refractivity contribution >= 4 is 29.0 Å². The van der Waals surface area contributed by atoms with Crippen LogP contribution in [0.3, 0.4) is 0 Å². The minimum absolute atomic E-state index is 0.0370. The first-order valence-corrected chi connectivity index (χ1v) is 8.78. The lowest BCUT2D eigenvalue weighted by Gasteiger charge is -2.07. The first kappa shape index (κ1) is 18.5. The summed E-state index contributed by atoms with van der Waals surface area (Å²) >= 11 is 1.07. The minimum atomic E-state index is -0.536. The predicted octanol–water partition coefficient (Wildman–Crippen LogP) is 2.51. The maximum atomic E-state index is 12.2. The zero-order valence-electron chi connectivity index (χ0n) is 14.5. The van der Waals surface area contributed by atoms with Crippen LogP contribution in [0.5, 0.6) is 0 Å². The molecule has 10 nitrogen and oxygen atoms in total. The number of nitro benzene ring substituents is 1. The van der Waals surface area contributed by atoms with Crippen molar-refractivity contribution in [2.75, 3.05) is 16.9 Å². The van der Waals surface area contributed by atoms with Crippen molar-refractivity contribution in [1.29, 1.82) is 0 Å².